The molecule has 5 nitrogen and oxygen atoms in total. The van der Waals surface area contributed by atoms with E-state index in [4.69, 9.17) is 10.5 Å². The number of ether oxygens (including phenoxy) is 1. The number of nitrogens with one attached hydrogen (secondary N) is 1. The van der Waals surface area contributed by atoms with Gasteiger partial charge in [-0.05, 0) is 56.7 Å². The van der Waals surface area contributed by atoms with Crippen molar-refractivity contribution in [3.05, 3.63) is 53.9 Å². The van der Waals surface area contributed by atoms with Crippen LogP contribution in [0.4, 0.5) is 5.69 Å². The molecule has 0 unspecified atom stereocenters. The number of anilines is 1. The van der Waals surface area contributed by atoms with Gasteiger partial charge in [0.15, 0.2) is 5.96 Å². The number of halogens is 1. The maximum Gasteiger partial charge on any atom is 0.193 e. The number of hydrogen-bond acceptors (Lipinski definition) is 3. The van der Waals surface area contributed by atoms with Crippen molar-refractivity contribution in [1.82, 2.24) is 4.98 Å². The van der Waals surface area contributed by atoms with E-state index in [0.29, 0.717) is 12.5 Å². The number of aromatic nitrogens is 1. The Kier molecular flexibility index (Phi) is 7.80. The summed E-state index contributed by atoms with van der Waals surface area (Å²) in [5, 5.41) is 3.06. The lowest BCUT2D eigenvalue weighted by Gasteiger charge is -2.11. The summed E-state index contributed by atoms with van der Waals surface area (Å²) in [5.74, 6) is 1.20. The minimum atomic E-state index is 0. The summed E-state index contributed by atoms with van der Waals surface area (Å²) in [5.41, 5.74) is 8.80. The second kappa shape index (κ2) is 9.34. The molecule has 0 aliphatic rings. The zero-order valence-electron chi connectivity index (χ0n) is 13.6. The third-order valence-corrected chi connectivity index (χ3v) is 3.02. The minimum Gasteiger partial charge on any atom is -0.491 e. The molecular formula is C17H23IN4O. The van der Waals surface area contributed by atoms with Crippen molar-refractivity contribution in [2.24, 2.45) is 10.7 Å². The molecule has 1 aromatic carbocycles. The number of nitrogens with two attached hydrogens (primary N) is 1. The molecule has 0 bridgehead atoms. The lowest BCUT2D eigenvalue weighted by molar-refractivity contribution is 0.242. The first-order chi connectivity index (χ1) is 10.5. The van der Waals surface area contributed by atoms with Gasteiger partial charge in [-0.1, -0.05) is 6.07 Å². The fourth-order valence-corrected chi connectivity index (χ4v) is 1.92. The number of aryl methyl sites for hydroxylation is 1. The summed E-state index contributed by atoms with van der Waals surface area (Å²) < 4.78 is 5.60. The van der Waals surface area contributed by atoms with Crippen molar-refractivity contribution in [2.45, 2.75) is 33.4 Å². The summed E-state index contributed by atoms with van der Waals surface area (Å²) in [4.78, 5) is 8.60. The van der Waals surface area contributed by atoms with Gasteiger partial charge in [0.25, 0.3) is 0 Å². The van der Waals surface area contributed by atoms with E-state index in [1.807, 2.05) is 57.2 Å². The Morgan fingerprint density at radius 3 is 2.57 bits per heavy atom. The second-order valence-corrected chi connectivity index (χ2v) is 5.28. The Bertz CT molecular complexity index is 641. The Morgan fingerprint density at radius 2 is 1.96 bits per heavy atom. The van der Waals surface area contributed by atoms with Gasteiger partial charge in [-0.2, -0.15) is 0 Å². The smallest absolute Gasteiger partial charge is 0.193 e. The van der Waals surface area contributed by atoms with Gasteiger partial charge in [0.2, 0.25) is 0 Å². The lowest BCUT2D eigenvalue weighted by Crippen LogP contribution is -2.22. The summed E-state index contributed by atoms with van der Waals surface area (Å²) in [6.45, 7) is 6.46. The quantitative estimate of drug-likeness (QED) is 0.434. The molecule has 2 aromatic rings. The molecule has 0 fully saturated rings. The normalized spacial score (nSPS) is 11.0. The van der Waals surface area contributed by atoms with E-state index >= 15 is 0 Å². The Morgan fingerprint density at radius 1 is 1.26 bits per heavy atom. The van der Waals surface area contributed by atoms with E-state index in [2.05, 4.69) is 15.3 Å². The first kappa shape index (κ1) is 19.2. The molecule has 3 N–H and O–H groups in total. The van der Waals surface area contributed by atoms with Crippen LogP contribution in [-0.4, -0.2) is 17.0 Å². The fraction of sp³-hybridized carbons (Fsp3) is 0.294. The molecule has 6 heteroatoms. The molecule has 1 heterocycles. The molecule has 0 aliphatic carbocycles. The van der Waals surface area contributed by atoms with Crippen molar-refractivity contribution in [1.29, 1.82) is 0 Å². The van der Waals surface area contributed by atoms with Crippen LogP contribution >= 0.6 is 24.0 Å². The fourth-order valence-electron chi connectivity index (χ4n) is 1.92. The van der Waals surface area contributed by atoms with Gasteiger partial charge in [0.1, 0.15) is 5.75 Å². The van der Waals surface area contributed by atoms with Crippen LogP contribution in [0.3, 0.4) is 0 Å². The molecule has 0 saturated carbocycles. The van der Waals surface area contributed by atoms with Crippen molar-refractivity contribution >= 4 is 35.6 Å². The Labute approximate surface area is 154 Å². The van der Waals surface area contributed by atoms with Crippen LogP contribution in [0.25, 0.3) is 0 Å². The van der Waals surface area contributed by atoms with E-state index in [-0.39, 0.29) is 30.1 Å². The topological polar surface area (TPSA) is 72.5 Å². The zero-order valence-corrected chi connectivity index (χ0v) is 15.9. The number of benzene rings is 1. The highest BCUT2D eigenvalue weighted by atomic mass is 127. The molecule has 0 amide bonds. The van der Waals surface area contributed by atoms with Crippen molar-refractivity contribution in [3.8, 4) is 5.75 Å². The Balaban J connectivity index is 0.00000264. The van der Waals surface area contributed by atoms with Crippen LogP contribution in [0.5, 0.6) is 5.75 Å². The van der Waals surface area contributed by atoms with E-state index in [9.17, 15) is 0 Å². The standard InChI is InChI=1S/C17H22N4O.HI/c1-12(2)22-15-8-6-14(7-9-15)21-17(18)20-11-16-13(3)5-4-10-19-16;/h4-10,12H,11H2,1-3H3,(H3,18,20,21);1H. The second-order valence-electron chi connectivity index (χ2n) is 5.28. The highest BCUT2D eigenvalue weighted by Crippen LogP contribution is 2.16. The van der Waals surface area contributed by atoms with E-state index in [0.717, 1.165) is 22.7 Å². The third-order valence-electron chi connectivity index (χ3n) is 3.02. The van der Waals surface area contributed by atoms with Crippen LogP contribution in [0.2, 0.25) is 0 Å². The van der Waals surface area contributed by atoms with E-state index in [1.54, 1.807) is 6.20 Å². The molecule has 0 atom stereocenters. The highest BCUT2D eigenvalue weighted by molar-refractivity contribution is 14.0. The maximum atomic E-state index is 5.90. The molecular weight excluding hydrogens is 403 g/mol. The van der Waals surface area contributed by atoms with Gasteiger partial charge >= 0.3 is 0 Å². The molecule has 2 rings (SSSR count). The SMILES string of the molecule is Cc1cccnc1CN=C(N)Nc1ccc(OC(C)C)cc1.I. The van der Waals surface area contributed by atoms with Crippen LogP contribution in [0.1, 0.15) is 25.1 Å². The van der Waals surface area contributed by atoms with Crippen LogP contribution in [-0.2, 0) is 6.54 Å². The summed E-state index contributed by atoms with van der Waals surface area (Å²) in [6, 6.07) is 11.5. The molecule has 0 radical (unpaired) electrons. The van der Waals surface area contributed by atoms with Crippen molar-refractivity contribution in [2.75, 3.05) is 5.32 Å². The largest absolute Gasteiger partial charge is 0.491 e. The van der Waals surface area contributed by atoms with Gasteiger partial charge < -0.3 is 15.8 Å². The van der Waals surface area contributed by atoms with Gasteiger partial charge in [-0.3, -0.25) is 4.98 Å². The number of hydrogen-bond donors (Lipinski definition) is 2. The van der Waals surface area contributed by atoms with E-state index < -0.39 is 0 Å². The first-order valence-corrected chi connectivity index (χ1v) is 7.29. The van der Waals surface area contributed by atoms with E-state index in [1.165, 1.54) is 0 Å². The molecule has 124 valence electrons. The number of pyridine rings is 1. The monoisotopic (exact) mass is 426 g/mol. The number of nitrogens with zero attached hydrogens (tertiary/aromatic N) is 2. The van der Waals surface area contributed by atoms with Gasteiger partial charge in [-0.15, -0.1) is 24.0 Å². The summed E-state index contributed by atoms with van der Waals surface area (Å²) >= 11 is 0. The zero-order chi connectivity index (χ0) is 15.9. The first-order valence-electron chi connectivity index (χ1n) is 7.29. The predicted octanol–water partition coefficient (Wildman–Crippen LogP) is 3.72. The Hall–Kier alpha value is -1.83. The maximum absolute atomic E-state index is 5.90. The highest BCUT2D eigenvalue weighted by Gasteiger charge is 2.01. The number of rotatable bonds is 5. The lowest BCUT2D eigenvalue weighted by atomic mass is 10.2. The predicted molar refractivity (Wildman–Crippen MR) is 106 cm³/mol. The van der Waals surface area contributed by atoms with Gasteiger partial charge in [0, 0.05) is 11.9 Å². The van der Waals surface area contributed by atoms with Crippen molar-refractivity contribution in [3.63, 3.8) is 0 Å². The average molecular weight is 426 g/mol. The molecule has 0 spiro atoms. The average Bonchev–Trinajstić information content (AvgIpc) is 2.48. The van der Waals surface area contributed by atoms with Crippen molar-refractivity contribution < 1.29 is 4.74 Å². The van der Waals surface area contributed by atoms with Gasteiger partial charge in [0.05, 0.1) is 18.3 Å². The molecule has 0 saturated heterocycles. The summed E-state index contributed by atoms with van der Waals surface area (Å²) in [7, 11) is 0. The van der Waals surface area contributed by atoms with Crippen LogP contribution in [0, 0.1) is 6.92 Å². The minimum absolute atomic E-state index is 0. The van der Waals surface area contributed by atoms with Crippen LogP contribution < -0.4 is 15.8 Å². The number of aliphatic imine (C=N–C) groups is 1. The summed E-state index contributed by atoms with van der Waals surface area (Å²) in [6.07, 6.45) is 1.92. The molecule has 0 aliphatic heterocycles. The third kappa shape index (κ3) is 6.43. The van der Waals surface area contributed by atoms with Crippen LogP contribution in [0.15, 0.2) is 47.6 Å². The molecule has 23 heavy (non-hydrogen) atoms. The van der Waals surface area contributed by atoms with Gasteiger partial charge in [-0.25, -0.2) is 4.99 Å². The molecule has 1 aromatic heterocycles. The number of guanidine groups is 1.